The summed E-state index contributed by atoms with van der Waals surface area (Å²) in [6.45, 7) is 6.55. The molecule has 114 valence electrons. The van der Waals surface area contributed by atoms with E-state index >= 15 is 0 Å². The topological polar surface area (TPSA) is 71.1 Å². The molecular formula is C15H21N3O2S. The molecule has 0 radical (unpaired) electrons. The standard InChI is InChI=1S/C15H21N3O2S/c1-4-9-16-15-8-5-12-10-13(6-7-14(12)17-15)21(19,20)18-11(2)3/h5-8,10-11,18H,4,9H2,1-3H3,(H,16,17). The first-order valence-electron chi connectivity index (χ1n) is 7.09. The highest BCUT2D eigenvalue weighted by molar-refractivity contribution is 7.89. The van der Waals surface area contributed by atoms with Crippen LogP contribution in [0.1, 0.15) is 27.2 Å². The van der Waals surface area contributed by atoms with Crippen LogP contribution < -0.4 is 10.0 Å². The average Bonchev–Trinajstić information content (AvgIpc) is 2.43. The van der Waals surface area contributed by atoms with Gasteiger partial charge in [-0.15, -0.1) is 0 Å². The third-order valence-electron chi connectivity index (χ3n) is 2.92. The largest absolute Gasteiger partial charge is 0.370 e. The SMILES string of the molecule is CCCNc1ccc2cc(S(=O)(=O)NC(C)C)ccc2n1. The number of benzene rings is 1. The van der Waals surface area contributed by atoms with Crippen molar-refractivity contribution in [3.8, 4) is 0 Å². The summed E-state index contributed by atoms with van der Waals surface area (Å²) in [5.74, 6) is 0.806. The molecule has 0 amide bonds. The molecular weight excluding hydrogens is 286 g/mol. The minimum atomic E-state index is -3.47. The normalized spacial score (nSPS) is 12.0. The van der Waals surface area contributed by atoms with Crippen molar-refractivity contribution in [1.82, 2.24) is 9.71 Å². The second kappa shape index (κ2) is 6.41. The van der Waals surface area contributed by atoms with Crippen LogP contribution in [0.4, 0.5) is 5.82 Å². The lowest BCUT2D eigenvalue weighted by Gasteiger charge is -2.10. The zero-order valence-electron chi connectivity index (χ0n) is 12.6. The van der Waals surface area contributed by atoms with Crippen LogP contribution in [0.15, 0.2) is 35.2 Å². The quantitative estimate of drug-likeness (QED) is 0.861. The van der Waals surface area contributed by atoms with Crippen LogP contribution in [0.3, 0.4) is 0 Å². The minimum absolute atomic E-state index is 0.135. The van der Waals surface area contributed by atoms with E-state index in [1.165, 1.54) is 0 Å². The molecule has 0 aliphatic rings. The van der Waals surface area contributed by atoms with Gasteiger partial charge in [-0.2, -0.15) is 0 Å². The molecule has 2 N–H and O–H groups in total. The van der Waals surface area contributed by atoms with Crippen LogP contribution in [0, 0.1) is 0 Å². The van der Waals surface area contributed by atoms with E-state index in [4.69, 9.17) is 0 Å². The van der Waals surface area contributed by atoms with Crippen LogP contribution in [0.2, 0.25) is 0 Å². The van der Waals surface area contributed by atoms with Gasteiger partial charge in [-0.25, -0.2) is 18.1 Å². The van der Waals surface area contributed by atoms with Crippen LogP contribution in [0.25, 0.3) is 10.9 Å². The number of fused-ring (bicyclic) bond motifs is 1. The van der Waals surface area contributed by atoms with Crippen molar-refractivity contribution in [3.05, 3.63) is 30.3 Å². The van der Waals surface area contributed by atoms with Crippen LogP contribution in [0.5, 0.6) is 0 Å². The second-order valence-electron chi connectivity index (χ2n) is 5.25. The molecule has 1 aromatic heterocycles. The zero-order valence-corrected chi connectivity index (χ0v) is 13.4. The van der Waals surface area contributed by atoms with Crippen LogP contribution >= 0.6 is 0 Å². The molecule has 21 heavy (non-hydrogen) atoms. The highest BCUT2D eigenvalue weighted by Gasteiger charge is 2.15. The summed E-state index contributed by atoms with van der Waals surface area (Å²) in [7, 11) is -3.47. The molecule has 6 heteroatoms. The summed E-state index contributed by atoms with van der Waals surface area (Å²) in [5.41, 5.74) is 0.777. The maximum Gasteiger partial charge on any atom is 0.240 e. The summed E-state index contributed by atoms with van der Waals surface area (Å²) in [4.78, 5) is 4.73. The van der Waals surface area contributed by atoms with Gasteiger partial charge in [0.25, 0.3) is 0 Å². The Bertz CT molecular complexity index is 727. The van der Waals surface area contributed by atoms with E-state index in [1.807, 2.05) is 12.1 Å². The fourth-order valence-corrected chi connectivity index (χ4v) is 3.29. The molecule has 0 bridgehead atoms. The Hall–Kier alpha value is -1.66. The van der Waals surface area contributed by atoms with Crippen molar-refractivity contribution < 1.29 is 8.42 Å². The van der Waals surface area contributed by atoms with Gasteiger partial charge >= 0.3 is 0 Å². The summed E-state index contributed by atoms with van der Waals surface area (Å²) < 4.78 is 26.9. The maximum absolute atomic E-state index is 12.2. The Morgan fingerprint density at radius 1 is 1.19 bits per heavy atom. The van der Waals surface area contributed by atoms with Crippen molar-refractivity contribution in [2.45, 2.75) is 38.1 Å². The highest BCUT2D eigenvalue weighted by Crippen LogP contribution is 2.20. The lowest BCUT2D eigenvalue weighted by molar-refractivity contribution is 0.570. The summed E-state index contributed by atoms with van der Waals surface area (Å²) in [6, 6.07) is 8.59. The molecule has 0 aliphatic carbocycles. The number of sulfonamides is 1. The molecule has 1 heterocycles. The molecule has 5 nitrogen and oxygen atoms in total. The van der Waals surface area contributed by atoms with Gasteiger partial charge in [-0.1, -0.05) is 6.92 Å². The average molecular weight is 307 g/mol. The molecule has 1 aromatic carbocycles. The van der Waals surface area contributed by atoms with Gasteiger partial charge in [0.05, 0.1) is 10.4 Å². The van der Waals surface area contributed by atoms with Crippen molar-refractivity contribution in [2.24, 2.45) is 0 Å². The van der Waals surface area contributed by atoms with Crippen LogP contribution in [-0.2, 0) is 10.0 Å². The summed E-state index contributed by atoms with van der Waals surface area (Å²) in [6.07, 6.45) is 1.03. The van der Waals surface area contributed by atoms with Crippen molar-refractivity contribution >= 4 is 26.7 Å². The Labute approximate surface area is 125 Å². The molecule has 0 spiro atoms. The van der Waals surface area contributed by atoms with E-state index < -0.39 is 10.0 Å². The third-order valence-corrected chi connectivity index (χ3v) is 4.57. The maximum atomic E-state index is 12.2. The highest BCUT2D eigenvalue weighted by atomic mass is 32.2. The summed E-state index contributed by atoms with van der Waals surface area (Å²) >= 11 is 0. The van der Waals surface area contributed by atoms with Gasteiger partial charge in [-0.3, -0.25) is 0 Å². The molecule has 0 atom stereocenters. The lowest BCUT2D eigenvalue weighted by Crippen LogP contribution is -2.30. The fraction of sp³-hybridized carbons (Fsp3) is 0.400. The summed E-state index contributed by atoms with van der Waals surface area (Å²) in [5, 5.41) is 4.02. The number of aromatic nitrogens is 1. The fourth-order valence-electron chi connectivity index (χ4n) is 2.00. The number of nitrogens with one attached hydrogen (secondary N) is 2. The van der Waals surface area contributed by atoms with Gasteiger partial charge in [0.2, 0.25) is 10.0 Å². The van der Waals surface area contributed by atoms with Gasteiger partial charge < -0.3 is 5.32 Å². The Morgan fingerprint density at radius 2 is 1.95 bits per heavy atom. The predicted molar refractivity (Wildman–Crippen MR) is 86.0 cm³/mol. The molecule has 0 unspecified atom stereocenters. The van der Waals surface area contributed by atoms with E-state index in [9.17, 15) is 8.42 Å². The Kier molecular flexibility index (Phi) is 4.80. The van der Waals surface area contributed by atoms with Crippen molar-refractivity contribution in [1.29, 1.82) is 0 Å². The lowest BCUT2D eigenvalue weighted by atomic mass is 10.2. The Balaban J connectivity index is 2.35. The van der Waals surface area contributed by atoms with E-state index in [2.05, 4.69) is 21.9 Å². The number of hydrogen-bond acceptors (Lipinski definition) is 4. The number of pyridine rings is 1. The predicted octanol–water partition coefficient (Wildman–Crippen LogP) is 2.74. The van der Waals surface area contributed by atoms with Crippen molar-refractivity contribution in [3.63, 3.8) is 0 Å². The third kappa shape index (κ3) is 3.92. The molecule has 0 aliphatic heterocycles. The first-order chi connectivity index (χ1) is 9.92. The van der Waals surface area contributed by atoms with Crippen LogP contribution in [-0.4, -0.2) is 26.0 Å². The molecule has 2 aromatic rings. The van der Waals surface area contributed by atoms with Crippen molar-refractivity contribution in [2.75, 3.05) is 11.9 Å². The van der Waals surface area contributed by atoms with Gasteiger partial charge in [0.15, 0.2) is 0 Å². The molecule has 2 rings (SSSR count). The number of hydrogen-bond donors (Lipinski definition) is 2. The Morgan fingerprint density at radius 3 is 2.62 bits per heavy atom. The second-order valence-corrected chi connectivity index (χ2v) is 6.97. The van der Waals surface area contributed by atoms with Gasteiger partial charge in [0, 0.05) is 18.0 Å². The first-order valence-corrected chi connectivity index (χ1v) is 8.57. The zero-order chi connectivity index (χ0) is 15.5. The van der Waals surface area contributed by atoms with Gasteiger partial charge in [-0.05, 0) is 50.6 Å². The molecule has 0 saturated carbocycles. The van der Waals surface area contributed by atoms with E-state index in [0.29, 0.717) is 0 Å². The van der Waals surface area contributed by atoms with E-state index in [0.717, 1.165) is 29.7 Å². The number of nitrogens with zero attached hydrogens (tertiary/aromatic N) is 1. The first kappa shape index (κ1) is 15.7. The smallest absolute Gasteiger partial charge is 0.240 e. The number of rotatable bonds is 6. The number of anilines is 1. The van der Waals surface area contributed by atoms with E-state index in [-0.39, 0.29) is 10.9 Å². The monoisotopic (exact) mass is 307 g/mol. The molecule has 0 saturated heterocycles. The van der Waals surface area contributed by atoms with E-state index in [1.54, 1.807) is 32.0 Å². The van der Waals surface area contributed by atoms with Gasteiger partial charge in [0.1, 0.15) is 5.82 Å². The minimum Gasteiger partial charge on any atom is -0.370 e. The molecule has 0 fully saturated rings.